The van der Waals surface area contributed by atoms with Crippen molar-refractivity contribution in [1.82, 2.24) is 10.2 Å². The van der Waals surface area contributed by atoms with Crippen LogP contribution in [0.4, 0.5) is 11.7 Å². The van der Waals surface area contributed by atoms with Gasteiger partial charge in [-0.25, -0.2) is 4.79 Å². The van der Waals surface area contributed by atoms with Crippen molar-refractivity contribution in [2.45, 2.75) is 0 Å². The summed E-state index contributed by atoms with van der Waals surface area (Å²) in [5.41, 5.74) is 1.94. The first-order valence-corrected chi connectivity index (χ1v) is 6.60. The fourth-order valence-corrected chi connectivity index (χ4v) is 1.94. The number of esters is 1. The van der Waals surface area contributed by atoms with Crippen molar-refractivity contribution < 1.29 is 13.9 Å². The molecule has 0 amide bonds. The molecule has 22 heavy (non-hydrogen) atoms. The smallest absolute Gasteiger partial charge is 0.337 e. The Labute approximate surface area is 126 Å². The van der Waals surface area contributed by atoms with E-state index in [1.54, 1.807) is 24.3 Å². The zero-order valence-corrected chi connectivity index (χ0v) is 11.8. The highest BCUT2D eigenvalue weighted by molar-refractivity contribution is 5.90. The van der Waals surface area contributed by atoms with E-state index in [0.29, 0.717) is 17.1 Å². The van der Waals surface area contributed by atoms with E-state index in [1.165, 1.54) is 7.11 Å². The van der Waals surface area contributed by atoms with Gasteiger partial charge >= 0.3 is 12.0 Å². The van der Waals surface area contributed by atoms with E-state index in [0.717, 1.165) is 5.56 Å². The molecule has 0 saturated heterocycles. The van der Waals surface area contributed by atoms with E-state index in [1.807, 2.05) is 30.3 Å². The van der Waals surface area contributed by atoms with Gasteiger partial charge in [0, 0.05) is 11.3 Å². The Morgan fingerprint density at radius 2 is 1.91 bits per heavy atom. The number of hydrogen-bond donors (Lipinski definition) is 1. The summed E-state index contributed by atoms with van der Waals surface area (Å²) in [5.74, 6) is 0.0198. The second-order valence-corrected chi connectivity index (χ2v) is 4.48. The summed E-state index contributed by atoms with van der Waals surface area (Å²) in [4.78, 5) is 11.5. The second-order valence-electron chi connectivity index (χ2n) is 4.48. The van der Waals surface area contributed by atoms with Crippen molar-refractivity contribution >= 4 is 17.7 Å². The van der Waals surface area contributed by atoms with Crippen LogP contribution in [0.5, 0.6) is 0 Å². The maximum atomic E-state index is 11.5. The summed E-state index contributed by atoms with van der Waals surface area (Å²) in [5, 5.41) is 10.9. The molecule has 3 aromatic rings. The summed E-state index contributed by atoms with van der Waals surface area (Å²) < 4.78 is 10.2. The number of benzene rings is 2. The highest BCUT2D eigenvalue weighted by atomic mass is 16.5. The standard InChI is InChI=1S/C16H13N3O3/c1-21-15(20)12-8-5-9-13(10-12)17-16-19-18-14(22-16)11-6-3-2-4-7-11/h2-10H,1H3,(H,17,19). The number of anilines is 2. The van der Waals surface area contributed by atoms with E-state index >= 15 is 0 Å². The third-order valence-electron chi connectivity index (χ3n) is 2.98. The SMILES string of the molecule is COC(=O)c1cccc(Nc2nnc(-c3ccccc3)o2)c1. The third-order valence-corrected chi connectivity index (χ3v) is 2.98. The molecule has 110 valence electrons. The van der Waals surface area contributed by atoms with E-state index in [4.69, 9.17) is 4.42 Å². The molecule has 0 aliphatic rings. The number of hydrogen-bond acceptors (Lipinski definition) is 6. The van der Waals surface area contributed by atoms with Crippen LogP contribution in [0.3, 0.4) is 0 Å². The topological polar surface area (TPSA) is 77.2 Å². The molecule has 0 fully saturated rings. The van der Waals surface area contributed by atoms with E-state index in [-0.39, 0.29) is 6.01 Å². The molecule has 0 bridgehead atoms. The van der Waals surface area contributed by atoms with Crippen LogP contribution in [0.25, 0.3) is 11.5 Å². The lowest BCUT2D eigenvalue weighted by atomic mass is 10.2. The van der Waals surface area contributed by atoms with Crippen molar-refractivity contribution in [3.63, 3.8) is 0 Å². The molecule has 0 unspecified atom stereocenters. The first-order chi connectivity index (χ1) is 10.8. The molecule has 2 aromatic carbocycles. The Morgan fingerprint density at radius 3 is 2.68 bits per heavy atom. The lowest BCUT2D eigenvalue weighted by molar-refractivity contribution is 0.0601. The first-order valence-electron chi connectivity index (χ1n) is 6.60. The molecule has 1 N–H and O–H groups in total. The molecule has 1 aromatic heterocycles. The van der Waals surface area contributed by atoms with E-state index in [2.05, 4.69) is 20.3 Å². The normalized spacial score (nSPS) is 10.2. The van der Waals surface area contributed by atoms with Crippen LogP contribution < -0.4 is 5.32 Å². The van der Waals surface area contributed by atoms with Crippen molar-refractivity contribution in [3.05, 3.63) is 60.2 Å². The average molecular weight is 295 g/mol. The summed E-state index contributed by atoms with van der Waals surface area (Å²) in [7, 11) is 1.34. The minimum atomic E-state index is -0.404. The van der Waals surface area contributed by atoms with Crippen LogP contribution in [-0.4, -0.2) is 23.3 Å². The number of carbonyl (C=O) groups excluding carboxylic acids is 1. The highest BCUT2D eigenvalue weighted by Crippen LogP contribution is 2.22. The van der Waals surface area contributed by atoms with Crippen LogP contribution >= 0.6 is 0 Å². The van der Waals surface area contributed by atoms with Gasteiger partial charge in [-0.3, -0.25) is 0 Å². The van der Waals surface area contributed by atoms with Crippen molar-refractivity contribution in [3.8, 4) is 11.5 Å². The third kappa shape index (κ3) is 2.95. The Hall–Kier alpha value is -3.15. The number of methoxy groups -OCH3 is 1. The summed E-state index contributed by atoms with van der Waals surface area (Å²) in [6, 6.07) is 16.6. The van der Waals surface area contributed by atoms with Gasteiger partial charge in [-0.05, 0) is 30.3 Å². The summed E-state index contributed by atoms with van der Waals surface area (Å²) in [6.45, 7) is 0. The van der Waals surface area contributed by atoms with Gasteiger partial charge in [0.05, 0.1) is 12.7 Å². The fourth-order valence-electron chi connectivity index (χ4n) is 1.94. The Bertz CT molecular complexity index is 784. The molecule has 0 atom stereocenters. The number of rotatable bonds is 4. The molecule has 6 nitrogen and oxygen atoms in total. The van der Waals surface area contributed by atoms with Gasteiger partial charge in [-0.15, -0.1) is 5.10 Å². The molecule has 0 spiro atoms. The largest absolute Gasteiger partial charge is 0.465 e. The Kier molecular flexibility index (Phi) is 3.82. The molecule has 3 rings (SSSR count). The van der Waals surface area contributed by atoms with Crippen LogP contribution in [-0.2, 0) is 4.74 Å². The monoisotopic (exact) mass is 295 g/mol. The minimum absolute atomic E-state index is 0.251. The molecule has 0 saturated carbocycles. The van der Waals surface area contributed by atoms with Crippen molar-refractivity contribution in [2.75, 3.05) is 12.4 Å². The molecule has 1 heterocycles. The predicted octanol–water partition coefficient (Wildman–Crippen LogP) is 3.27. The number of nitrogens with one attached hydrogen (secondary N) is 1. The van der Waals surface area contributed by atoms with Crippen molar-refractivity contribution in [1.29, 1.82) is 0 Å². The zero-order valence-electron chi connectivity index (χ0n) is 11.8. The quantitative estimate of drug-likeness (QED) is 0.744. The van der Waals surface area contributed by atoms with Crippen molar-refractivity contribution in [2.24, 2.45) is 0 Å². The summed E-state index contributed by atoms with van der Waals surface area (Å²) >= 11 is 0. The van der Waals surface area contributed by atoms with E-state index in [9.17, 15) is 4.79 Å². The predicted molar refractivity (Wildman–Crippen MR) is 80.8 cm³/mol. The lowest BCUT2D eigenvalue weighted by Crippen LogP contribution is -2.01. The van der Waals surface area contributed by atoms with Crippen LogP contribution in [0.1, 0.15) is 10.4 Å². The summed E-state index contributed by atoms with van der Waals surface area (Å²) in [6.07, 6.45) is 0. The molecular weight excluding hydrogens is 282 g/mol. The molecular formula is C16H13N3O3. The van der Waals surface area contributed by atoms with Gasteiger partial charge in [-0.1, -0.05) is 29.4 Å². The lowest BCUT2D eigenvalue weighted by Gasteiger charge is -2.03. The maximum Gasteiger partial charge on any atom is 0.337 e. The number of carbonyl (C=O) groups is 1. The average Bonchev–Trinajstić information content (AvgIpc) is 3.03. The van der Waals surface area contributed by atoms with Gasteiger partial charge < -0.3 is 14.5 Å². The van der Waals surface area contributed by atoms with Crippen LogP contribution in [0, 0.1) is 0 Å². The molecule has 0 aliphatic heterocycles. The van der Waals surface area contributed by atoms with Gasteiger partial charge in [0.2, 0.25) is 5.89 Å². The molecule has 0 aliphatic carbocycles. The molecule has 0 radical (unpaired) electrons. The van der Waals surface area contributed by atoms with Gasteiger partial charge in [0.15, 0.2) is 0 Å². The number of nitrogens with zero attached hydrogens (tertiary/aromatic N) is 2. The molecule has 6 heteroatoms. The zero-order chi connectivity index (χ0) is 15.4. The number of ether oxygens (including phenoxy) is 1. The van der Waals surface area contributed by atoms with Crippen LogP contribution in [0.15, 0.2) is 59.0 Å². The Morgan fingerprint density at radius 1 is 1.09 bits per heavy atom. The Balaban J connectivity index is 1.80. The number of aromatic nitrogens is 2. The highest BCUT2D eigenvalue weighted by Gasteiger charge is 2.10. The first kappa shape index (κ1) is 13.8. The van der Waals surface area contributed by atoms with Gasteiger partial charge in [-0.2, -0.15) is 0 Å². The second kappa shape index (κ2) is 6.09. The van der Waals surface area contributed by atoms with Gasteiger partial charge in [0.1, 0.15) is 0 Å². The fraction of sp³-hybridized carbons (Fsp3) is 0.0625. The van der Waals surface area contributed by atoms with Crippen LogP contribution in [0.2, 0.25) is 0 Å². The minimum Gasteiger partial charge on any atom is -0.465 e. The van der Waals surface area contributed by atoms with E-state index < -0.39 is 5.97 Å². The maximum absolute atomic E-state index is 11.5. The van der Waals surface area contributed by atoms with Gasteiger partial charge in [0.25, 0.3) is 0 Å².